The SMILES string of the molecule is COc1cccc(-c2nc(-c3nc(-c4cccc(OC)c4)c(-c4cccc(OC)c4)n3-c3ccc(F)c(F)c3F)[nH]c2-c2cccc(OC)c2)c1. The Labute approximate surface area is 291 Å². The first kappa shape index (κ1) is 33.0. The van der Waals surface area contributed by atoms with Crippen molar-refractivity contribution in [2.24, 2.45) is 0 Å². The number of H-pyrrole nitrogens is 1. The molecule has 256 valence electrons. The summed E-state index contributed by atoms with van der Waals surface area (Å²) in [5.74, 6) is -1.72. The van der Waals surface area contributed by atoms with E-state index in [9.17, 15) is 4.39 Å². The standard InChI is InChI=1S/C40H31F3N4O4/c1-48-27-13-5-9-23(19-27)35-36(24-10-6-14-28(20-24)49-2)45-39(44-35)40-46-37(25-11-7-15-29(21-25)50-3)38(26-12-8-16-30(22-26)51-4)47(40)32-18-17-31(41)33(42)34(32)43/h5-22H,1-4H3,(H,44,45). The van der Waals surface area contributed by atoms with Crippen LogP contribution in [0.15, 0.2) is 109 Å². The van der Waals surface area contributed by atoms with E-state index in [4.69, 9.17) is 28.9 Å². The number of halogens is 3. The molecular weight excluding hydrogens is 657 g/mol. The lowest BCUT2D eigenvalue weighted by atomic mass is 10.0. The molecule has 5 aromatic carbocycles. The monoisotopic (exact) mass is 688 g/mol. The van der Waals surface area contributed by atoms with Gasteiger partial charge in [0.2, 0.25) is 0 Å². The molecule has 0 radical (unpaired) electrons. The van der Waals surface area contributed by atoms with E-state index in [0.717, 1.165) is 11.6 Å². The fraction of sp³-hybridized carbons (Fsp3) is 0.100. The smallest absolute Gasteiger partial charge is 0.196 e. The maximum absolute atomic E-state index is 16.0. The molecule has 1 N–H and O–H groups in total. The molecule has 2 heterocycles. The van der Waals surface area contributed by atoms with Crippen molar-refractivity contribution in [2.75, 3.05) is 28.4 Å². The highest BCUT2D eigenvalue weighted by Crippen LogP contribution is 2.42. The van der Waals surface area contributed by atoms with Crippen molar-refractivity contribution < 1.29 is 32.1 Å². The molecule has 7 rings (SSSR count). The van der Waals surface area contributed by atoms with Crippen molar-refractivity contribution >= 4 is 0 Å². The van der Waals surface area contributed by atoms with Gasteiger partial charge in [-0.3, -0.25) is 4.57 Å². The second-order valence-electron chi connectivity index (χ2n) is 11.4. The van der Waals surface area contributed by atoms with Crippen LogP contribution in [0.3, 0.4) is 0 Å². The zero-order chi connectivity index (χ0) is 35.6. The van der Waals surface area contributed by atoms with Crippen LogP contribution in [-0.4, -0.2) is 48.0 Å². The third-order valence-electron chi connectivity index (χ3n) is 8.44. The summed E-state index contributed by atoms with van der Waals surface area (Å²) in [6.07, 6.45) is 0. The molecular formula is C40H31F3N4O4. The molecule has 0 saturated heterocycles. The number of aromatic nitrogens is 4. The molecule has 0 saturated carbocycles. The number of benzene rings is 5. The van der Waals surface area contributed by atoms with Gasteiger partial charge in [-0.25, -0.2) is 23.1 Å². The summed E-state index contributed by atoms with van der Waals surface area (Å²) in [6.45, 7) is 0. The van der Waals surface area contributed by atoms with E-state index < -0.39 is 17.5 Å². The summed E-state index contributed by atoms with van der Waals surface area (Å²) >= 11 is 0. The molecule has 0 unspecified atom stereocenters. The lowest BCUT2D eigenvalue weighted by molar-refractivity contribution is 0.415. The average Bonchev–Trinajstić information content (AvgIpc) is 3.80. The highest BCUT2D eigenvalue weighted by atomic mass is 19.2. The molecule has 7 aromatic rings. The molecule has 0 amide bonds. The average molecular weight is 689 g/mol. The van der Waals surface area contributed by atoms with Gasteiger partial charge in [0.05, 0.1) is 56.9 Å². The van der Waals surface area contributed by atoms with Crippen LogP contribution >= 0.6 is 0 Å². The van der Waals surface area contributed by atoms with Crippen LogP contribution in [0.4, 0.5) is 13.2 Å². The van der Waals surface area contributed by atoms with Crippen LogP contribution in [0.5, 0.6) is 23.0 Å². The molecule has 8 nitrogen and oxygen atoms in total. The van der Waals surface area contributed by atoms with E-state index >= 15 is 8.78 Å². The second-order valence-corrected chi connectivity index (χ2v) is 11.4. The fourth-order valence-corrected chi connectivity index (χ4v) is 5.96. The third kappa shape index (κ3) is 6.14. The lowest BCUT2D eigenvalue weighted by Crippen LogP contribution is -2.06. The minimum absolute atomic E-state index is 0.119. The van der Waals surface area contributed by atoms with Crippen LogP contribution in [0.25, 0.3) is 62.4 Å². The Kier molecular flexibility index (Phi) is 8.93. The molecule has 0 atom stereocenters. The van der Waals surface area contributed by atoms with Gasteiger partial charge < -0.3 is 23.9 Å². The van der Waals surface area contributed by atoms with Gasteiger partial charge in [-0.15, -0.1) is 0 Å². The number of imidazole rings is 2. The first-order valence-electron chi connectivity index (χ1n) is 15.8. The van der Waals surface area contributed by atoms with E-state index in [-0.39, 0.29) is 17.3 Å². The number of hydrogen-bond donors (Lipinski definition) is 1. The zero-order valence-electron chi connectivity index (χ0n) is 28.0. The Balaban J connectivity index is 1.60. The Morgan fingerprint density at radius 2 is 1.02 bits per heavy atom. The van der Waals surface area contributed by atoms with E-state index in [1.165, 1.54) is 17.7 Å². The molecule has 0 bridgehead atoms. The number of methoxy groups -OCH3 is 4. The van der Waals surface area contributed by atoms with Crippen LogP contribution < -0.4 is 18.9 Å². The Hall–Kier alpha value is -6.49. The molecule has 2 aromatic heterocycles. The number of nitrogens with one attached hydrogen (secondary N) is 1. The van der Waals surface area contributed by atoms with Crippen molar-refractivity contribution in [1.82, 2.24) is 19.5 Å². The van der Waals surface area contributed by atoms with Crippen molar-refractivity contribution in [3.8, 4) is 85.4 Å². The quantitative estimate of drug-likeness (QED) is 0.144. The van der Waals surface area contributed by atoms with Crippen LogP contribution in [0.2, 0.25) is 0 Å². The maximum atomic E-state index is 16.0. The topological polar surface area (TPSA) is 83.4 Å². The number of ether oxygens (including phenoxy) is 4. The van der Waals surface area contributed by atoms with Crippen molar-refractivity contribution in [1.29, 1.82) is 0 Å². The second kappa shape index (κ2) is 13.8. The van der Waals surface area contributed by atoms with Gasteiger partial charge >= 0.3 is 0 Å². The van der Waals surface area contributed by atoms with E-state index in [2.05, 4.69) is 4.98 Å². The maximum Gasteiger partial charge on any atom is 0.196 e. The molecule has 11 heteroatoms. The predicted octanol–water partition coefficient (Wildman–Crippen LogP) is 9.38. The molecule has 51 heavy (non-hydrogen) atoms. The highest BCUT2D eigenvalue weighted by Gasteiger charge is 2.29. The highest BCUT2D eigenvalue weighted by molar-refractivity contribution is 5.86. The first-order chi connectivity index (χ1) is 24.8. The van der Waals surface area contributed by atoms with Gasteiger partial charge in [0.15, 0.2) is 29.1 Å². The first-order valence-corrected chi connectivity index (χ1v) is 15.8. The normalized spacial score (nSPS) is 11.0. The summed E-state index contributed by atoms with van der Waals surface area (Å²) in [5.41, 5.74) is 4.23. The Morgan fingerprint density at radius 1 is 0.529 bits per heavy atom. The van der Waals surface area contributed by atoms with Crippen molar-refractivity contribution in [3.63, 3.8) is 0 Å². The summed E-state index contributed by atoms with van der Waals surface area (Å²) in [4.78, 5) is 13.5. The molecule has 0 aliphatic rings. The van der Waals surface area contributed by atoms with Gasteiger partial charge in [-0.1, -0.05) is 48.5 Å². The Bertz CT molecular complexity index is 2320. The zero-order valence-corrected chi connectivity index (χ0v) is 28.0. The fourth-order valence-electron chi connectivity index (χ4n) is 5.96. The van der Waals surface area contributed by atoms with Gasteiger partial charge in [0.1, 0.15) is 23.0 Å². The number of hydrogen-bond acceptors (Lipinski definition) is 6. The van der Waals surface area contributed by atoms with Gasteiger partial charge in [-0.05, 0) is 60.7 Å². The lowest BCUT2D eigenvalue weighted by Gasteiger charge is -2.15. The van der Waals surface area contributed by atoms with E-state index in [0.29, 0.717) is 62.5 Å². The third-order valence-corrected chi connectivity index (χ3v) is 8.44. The molecule has 0 fully saturated rings. The van der Waals surface area contributed by atoms with Crippen LogP contribution in [0.1, 0.15) is 0 Å². The number of aromatic amines is 1. The summed E-state index contributed by atoms with van der Waals surface area (Å²) in [5, 5.41) is 0. The predicted molar refractivity (Wildman–Crippen MR) is 189 cm³/mol. The van der Waals surface area contributed by atoms with Crippen molar-refractivity contribution in [2.45, 2.75) is 0 Å². The van der Waals surface area contributed by atoms with Gasteiger partial charge in [0.25, 0.3) is 0 Å². The summed E-state index contributed by atoms with van der Waals surface area (Å²) < 4.78 is 69.1. The molecule has 0 aliphatic heterocycles. The Morgan fingerprint density at radius 3 is 1.59 bits per heavy atom. The summed E-state index contributed by atoms with van der Waals surface area (Å²) in [6, 6.07) is 31.2. The minimum Gasteiger partial charge on any atom is -0.497 e. The largest absolute Gasteiger partial charge is 0.497 e. The number of rotatable bonds is 10. The van der Waals surface area contributed by atoms with Crippen LogP contribution in [-0.2, 0) is 0 Å². The van der Waals surface area contributed by atoms with Crippen LogP contribution in [0, 0.1) is 17.5 Å². The van der Waals surface area contributed by atoms with Gasteiger partial charge in [0, 0.05) is 22.3 Å². The van der Waals surface area contributed by atoms with E-state index in [1.807, 2.05) is 54.6 Å². The minimum atomic E-state index is -1.62. The number of nitrogens with zero attached hydrogens (tertiary/aromatic N) is 3. The summed E-state index contributed by atoms with van der Waals surface area (Å²) in [7, 11) is 6.23. The molecule has 0 spiro atoms. The van der Waals surface area contributed by atoms with Gasteiger partial charge in [-0.2, -0.15) is 0 Å². The molecule has 0 aliphatic carbocycles. The van der Waals surface area contributed by atoms with Crippen molar-refractivity contribution in [3.05, 3.63) is 127 Å². The van der Waals surface area contributed by atoms with E-state index in [1.54, 1.807) is 63.8 Å².